The third-order valence-corrected chi connectivity index (χ3v) is 5.07. The summed E-state index contributed by atoms with van der Waals surface area (Å²) in [4.78, 5) is 14.0. The number of nitrogens with one attached hydrogen (secondary N) is 1. The van der Waals surface area contributed by atoms with E-state index in [9.17, 15) is 9.90 Å². The van der Waals surface area contributed by atoms with Crippen molar-refractivity contribution in [3.63, 3.8) is 0 Å². The van der Waals surface area contributed by atoms with E-state index in [1.54, 1.807) is 18.9 Å². The quantitative estimate of drug-likeness (QED) is 0.751. The number of aromatic nitrogens is 2. The second-order valence-electron chi connectivity index (χ2n) is 6.80. The molecular weight excluding hydrogens is 332 g/mol. The molecule has 2 heterocycles. The van der Waals surface area contributed by atoms with Crippen LogP contribution in [0.15, 0.2) is 30.5 Å². The van der Waals surface area contributed by atoms with Crippen molar-refractivity contribution in [1.82, 2.24) is 15.1 Å². The number of rotatable bonds is 5. The number of hydrogen-bond acceptors (Lipinski definition) is 5. The van der Waals surface area contributed by atoms with Crippen LogP contribution in [0.4, 0.5) is 0 Å². The van der Waals surface area contributed by atoms with Gasteiger partial charge >= 0.3 is 0 Å². The zero-order valence-electron chi connectivity index (χ0n) is 15.2. The Morgan fingerprint density at radius 2 is 2.15 bits per heavy atom. The van der Waals surface area contributed by atoms with E-state index in [4.69, 9.17) is 10.5 Å². The molecule has 7 heteroatoms. The second-order valence-corrected chi connectivity index (χ2v) is 6.80. The van der Waals surface area contributed by atoms with Crippen LogP contribution in [-0.4, -0.2) is 58.5 Å². The van der Waals surface area contributed by atoms with E-state index in [1.807, 2.05) is 30.5 Å². The third-order valence-electron chi connectivity index (χ3n) is 5.07. The van der Waals surface area contributed by atoms with Gasteiger partial charge in [-0.2, -0.15) is 5.10 Å². The Balaban J connectivity index is 1.71. The second kappa shape index (κ2) is 7.88. The molecule has 1 aliphatic rings. The molecule has 1 amide bonds. The number of piperidine rings is 1. The van der Waals surface area contributed by atoms with Gasteiger partial charge in [-0.05, 0) is 37.5 Å². The highest BCUT2D eigenvalue weighted by atomic mass is 16.5. The third kappa shape index (κ3) is 3.73. The molecule has 0 aliphatic carbocycles. The Hall–Kier alpha value is -2.38. The number of nitrogens with zero attached hydrogens (tertiary/aromatic N) is 2. The number of carbonyl (C=O) groups excluding carboxylic acids is 1. The number of benzene rings is 1. The lowest BCUT2D eigenvalue weighted by molar-refractivity contribution is -0.135. The van der Waals surface area contributed by atoms with Crippen molar-refractivity contribution in [3.05, 3.63) is 36.2 Å². The van der Waals surface area contributed by atoms with Gasteiger partial charge in [0, 0.05) is 30.3 Å². The first-order valence-electron chi connectivity index (χ1n) is 8.91. The fourth-order valence-electron chi connectivity index (χ4n) is 3.43. The average molecular weight is 358 g/mol. The fourth-order valence-corrected chi connectivity index (χ4v) is 3.43. The largest absolute Gasteiger partial charge is 0.497 e. The Morgan fingerprint density at radius 3 is 2.81 bits per heavy atom. The number of carbonyl (C=O) groups is 1. The van der Waals surface area contributed by atoms with Crippen LogP contribution in [0.3, 0.4) is 0 Å². The predicted molar refractivity (Wildman–Crippen MR) is 98.8 cm³/mol. The Labute approximate surface area is 153 Å². The van der Waals surface area contributed by atoms with Crippen LogP contribution in [0.5, 0.6) is 5.75 Å². The number of amides is 1. The van der Waals surface area contributed by atoms with E-state index in [1.165, 1.54) is 0 Å². The molecular formula is C19H26N4O3. The summed E-state index contributed by atoms with van der Waals surface area (Å²) in [6.45, 7) is 2.79. The molecule has 1 aromatic carbocycles. The number of ether oxygens (including phenoxy) is 1. The van der Waals surface area contributed by atoms with Crippen LogP contribution in [0, 0.1) is 0 Å². The molecule has 7 nitrogen and oxygen atoms in total. The van der Waals surface area contributed by atoms with E-state index in [2.05, 4.69) is 10.2 Å². The van der Waals surface area contributed by atoms with Gasteiger partial charge in [-0.1, -0.05) is 12.1 Å². The molecule has 0 saturated carbocycles. The zero-order valence-corrected chi connectivity index (χ0v) is 15.2. The molecule has 0 bridgehead atoms. The van der Waals surface area contributed by atoms with Gasteiger partial charge in [0.15, 0.2) is 0 Å². The molecule has 2 atom stereocenters. The highest BCUT2D eigenvalue weighted by Gasteiger charge is 2.30. The van der Waals surface area contributed by atoms with Crippen LogP contribution < -0.4 is 10.5 Å². The van der Waals surface area contributed by atoms with E-state index in [0.717, 1.165) is 35.4 Å². The maximum Gasteiger partial charge on any atom is 0.242 e. The first-order chi connectivity index (χ1) is 12.5. The smallest absolute Gasteiger partial charge is 0.242 e. The molecule has 26 heavy (non-hydrogen) atoms. The molecule has 140 valence electrons. The fraction of sp³-hybridized carbons (Fsp3) is 0.474. The molecule has 0 radical (unpaired) electrons. The summed E-state index contributed by atoms with van der Waals surface area (Å²) in [5.74, 6) is 0.920. The number of hydrogen-bond donors (Lipinski definition) is 3. The lowest BCUT2D eigenvalue weighted by Crippen LogP contribution is -2.51. The van der Waals surface area contributed by atoms with Crippen molar-refractivity contribution in [2.24, 2.45) is 5.73 Å². The van der Waals surface area contributed by atoms with Crippen LogP contribution in [0.25, 0.3) is 11.1 Å². The number of H-pyrrole nitrogens is 1. The van der Waals surface area contributed by atoms with Crippen LogP contribution in [-0.2, 0) is 4.79 Å². The number of aromatic amines is 1. The molecule has 1 saturated heterocycles. The van der Waals surface area contributed by atoms with Gasteiger partial charge < -0.3 is 20.5 Å². The van der Waals surface area contributed by atoms with Crippen molar-refractivity contribution in [1.29, 1.82) is 0 Å². The average Bonchev–Trinajstić information content (AvgIpc) is 3.16. The zero-order chi connectivity index (χ0) is 18.7. The minimum absolute atomic E-state index is 0.184. The first-order valence-corrected chi connectivity index (χ1v) is 8.91. The van der Waals surface area contributed by atoms with Crippen molar-refractivity contribution in [2.45, 2.75) is 37.8 Å². The number of aliphatic hydroxyl groups is 1. The van der Waals surface area contributed by atoms with Crippen molar-refractivity contribution in [3.8, 4) is 16.9 Å². The Morgan fingerprint density at radius 1 is 1.42 bits per heavy atom. The van der Waals surface area contributed by atoms with Crippen molar-refractivity contribution < 1.29 is 14.6 Å². The molecule has 1 aromatic heterocycles. The van der Waals surface area contributed by atoms with Crippen LogP contribution in [0.1, 0.15) is 31.4 Å². The van der Waals surface area contributed by atoms with Gasteiger partial charge in [0.05, 0.1) is 19.4 Å². The topological polar surface area (TPSA) is 104 Å². The van der Waals surface area contributed by atoms with Crippen LogP contribution in [0.2, 0.25) is 0 Å². The summed E-state index contributed by atoms with van der Waals surface area (Å²) in [6, 6.07) is 7.06. The summed E-state index contributed by atoms with van der Waals surface area (Å²) in [5, 5.41) is 16.9. The van der Waals surface area contributed by atoms with E-state index < -0.39 is 12.1 Å². The number of aliphatic hydroxyl groups excluding tert-OH is 1. The van der Waals surface area contributed by atoms with E-state index in [-0.39, 0.29) is 5.91 Å². The maximum atomic E-state index is 12.3. The normalized spacial score (nSPS) is 17.8. The highest BCUT2D eigenvalue weighted by Crippen LogP contribution is 2.35. The molecule has 3 rings (SSSR count). The summed E-state index contributed by atoms with van der Waals surface area (Å²) < 4.78 is 5.31. The first kappa shape index (κ1) is 18.4. The standard InChI is InChI=1S/C19H26N4O3/c1-12(24)17(20)19(25)23-8-6-13(7-9-23)18-16(11-21-22-18)14-4-3-5-15(10-14)26-2/h3-5,10-13,17,24H,6-9,20H2,1-2H3,(H,21,22)/t12-,17+/m1/s1. The van der Waals surface area contributed by atoms with Gasteiger partial charge in [-0.15, -0.1) is 0 Å². The molecule has 0 spiro atoms. The highest BCUT2D eigenvalue weighted by molar-refractivity contribution is 5.82. The summed E-state index contributed by atoms with van der Waals surface area (Å²) in [7, 11) is 1.65. The molecule has 4 N–H and O–H groups in total. The molecule has 1 fully saturated rings. The summed E-state index contributed by atoms with van der Waals surface area (Å²) in [6.07, 6.45) is 2.66. The van der Waals surface area contributed by atoms with E-state index >= 15 is 0 Å². The van der Waals surface area contributed by atoms with Gasteiger partial charge in [-0.25, -0.2) is 0 Å². The van der Waals surface area contributed by atoms with Crippen molar-refractivity contribution >= 4 is 5.91 Å². The molecule has 1 aliphatic heterocycles. The minimum Gasteiger partial charge on any atom is -0.497 e. The van der Waals surface area contributed by atoms with Crippen LogP contribution >= 0.6 is 0 Å². The summed E-state index contributed by atoms with van der Waals surface area (Å²) >= 11 is 0. The maximum absolute atomic E-state index is 12.3. The SMILES string of the molecule is COc1cccc(-c2cn[nH]c2C2CCN(C(=O)[C@@H](N)[C@@H](C)O)CC2)c1. The lowest BCUT2D eigenvalue weighted by atomic mass is 9.89. The van der Waals surface area contributed by atoms with Gasteiger partial charge in [0.2, 0.25) is 5.91 Å². The Kier molecular flexibility index (Phi) is 5.58. The predicted octanol–water partition coefficient (Wildman–Crippen LogP) is 1.50. The Bertz CT molecular complexity index is 751. The lowest BCUT2D eigenvalue weighted by Gasteiger charge is -2.34. The molecule has 2 aromatic rings. The van der Waals surface area contributed by atoms with E-state index in [0.29, 0.717) is 19.0 Å². The monoisotopic (exact) mass is 358 g/mol. The van der Waals surface area contributed by atoms with Gasteiger partial charge in [0.25, 0.3) is 0 Å². The summed E-state index contributed by atoms with van der Waals surface area (Å²) in [5.41, 5.74) is 8.99. The van der Waals surface area contributed by atoms with Crippen molar-refractivity contribution in [2.75, 3.05) is 20.2 Å². The molecule has 0 unspecified atom stereocenters. The van der Waals surface area contributed by atoms with Gasteiger partial charge in [-0.3, -0.25) is 9.89 Å². The number of nitrogens with two attached hydrogens (primary N) is 1. The number of methoxy groups -OCH3 is 1. The van der Waals surface area contributed by atoms with Gasteiger partial charge in [0.1, 0.15) is 11.8 Å². The minimum atomic E-state index is -0.856. The number of likely N-dealkylation sites (tertiary alicyclic amines) is 1.